The molecule has 0 spiro atoms. The minimum Gasteiger partial charge on any atom is -0.347 e. The molecule has 4 rings (SSSR count). The highest BCUT2D eigenvalue weighted by molar-refractivity contribution is 7.99. The Morgan fingerprint density at radius 1 is 1.25 bits per heavy atom. The number of likely N-dealkylation sites (tertiary alicyclic amines) is 1. The van der Waals surface area contributed by atoms with Crippen molar-refractivity contribution in [2.75, 3.05) is 20.6 Å². The molecule has 0 saturated carbocycles. The maximum atomic E-state index is 13.2. The van der Waals surface area contributed by atoms with Gasteiger partial charge in [-0.2, -0.15) is 0 Å². The van der Waals surface area contributed by atoms with Crippen LogP contribution in [0.1, 0.15) is 12.0 Å². The van der Waals surface area contributed by atoms with Crippen LogP contribution in [0.15, 0.2) is 53.7 Å². The lowest BCUT2D eigenvalue weighted by Crippen LogP contribution is -2.42. The first-order valence-corrected chi connectivity index (χ1v) is 10.2. The monoisotopic (exact) mass is 398 g/mol. The molecule has 28 heavy (non-hydrogen) atoms. The van der Waals surface area contributed by atoms with Crippen molar-refractivity contribution in [2.24, 2.45) is 0 Å². The standard InChI is InChI=1S/C21H23FN4OS/c1-25(2)20(27)19-11-16(13-26(19)12-14-7-9-15(22)10-8-14)28-21-23-17-5-3-4-6-18(17)24-21/h3-10,16,19H,11-13H2,1-2H3,(H,23,24)/t16-,19+/m1/s1. The first-order chi connectivity index (χ1) is 13.5. The average molecular weight is 399 g/mol. The lowest BCUT2D eigenvalue weighted by atomic mass is 10.1. The van der Waals surface area contributed by atoms with Crippen LogP contribution >= 0.6 is 11.8 Å². The summed E-state index contributed by atoms with van der Waals surface area (Å²) in [6, 6.07) is 14.3. The molecule has 146 valence electrons. The van der Waals surface area contributed by atoms with Crippen LogP contribution in [0, 0.1) is 5.82 Å². The molecule has 1 aliphatic rings. The predicted octanol–water partition coefficient (Wildman–Crippen LogP) is 3.53. The topological polar surface area (TPSA) is 52.2 Å². The summed E-state index contributed by atoms with van der Waals surface area (Å²) in [6.45, 7) is 1.41. The van der Waals surface area contributed by atoms with Crippen molar-refractivity contribution in [1.29, 1.82) is 0 Å². The Kier molecular flexibility index (Phi) is 5.37. The summed E-state index contributed by atoms with van der Waals surface area (Å²) in [7, 11) is 3.58. The third-order valence-corrected chi connectivity index (χ3v) is 6.13. The average Bonchev–Trinajstić information content (AvgIpc) is 3.26. The van der Waals surface area contributed by atoms with Crippen LogP contribution in [0.4, 0.5) is 4.39 Å². The molecule has 1 aliphatic heterocycles. The number of aromatic amines is 1. The number of carbonyl (C=O) groups is 1. The second-order valence-electron chi connectivity index (χ2n) is 7.34. The van der Waals surface area contributed by atoms with E-state index in [-0.39, 0.29) is 23.0 Å². The molecule has 1 aromatic heterocycles. The highest BCUT2D eigenvalue weighted by Crippen LogP contribution is 2.33. The number of halogens is 1. The number of amides is 1. The van der Waals surface area contributed by atoms with Crippen LogP contribution in [0.3, 0.4) is 0 Å². The molecule has 2 atom stereocenters. The Balaban J connectivity index is 1.51. The molecular weight excluding hydrogens is 375 g/mol. The van der Waals surface area contributed by atoms with Gasteiger partial charge in [0.05, 0.1) is 17.1 Å². The van der Waals surface area contributed by atoms with E-state index >= 15 is 0 Å². The molecule has 7 heteroatoms. The summed E-state index contributed by atoms with van der Waals surface area (Å²) < 4.78 is 13.2. The molecule has 1 N–H and O–H groups in total. The highest BCUT2D eigenvalue weighted by atomic mass is 32.2. The Labute approximate surface area is 167 Å². The van der Waals surface area contributed by atoms with Gasteiger partial charge < -0.3 is 9.88 Å². The van der Waals surface area contributed by atoms with Crippen LogP contribution in [-0.4, -0.2) is 57.6 Å². The first kappa shape index (κ1) is 19.0. The maximum absolute atomic E-state index is 13.2. The number of aromatic nitrogens is 2. The predicted molar refractivity (Wildman–Crippen MR) is 110 cm³/mol. The van der Waals surface area contributed by atoms with Crippen molar-refractivity contribution in [3.05, 3.63) is 59.9 Å². The Morgan fingerprint density at radius 2 is 2.00 bits per heavy atom. The van der Waals surface area contributed by atoms with Crippen LogP contribution < -0.4 is 0 Å². The van der Waals surface area contributed by atoms with E-state index < -0.39 is 0 Å². The van der Waals surface area contributed by atoms with Gasteiger partial charge in [0.15, 0.2) is 5.16 Å². The number of likely N-dealkylation sites (N-methyl/N-ethyl adjacent to an activating group) is 1. The van der Waals surface area contributed by atoms with E-state index in [1.165, 1.54) is 12.1 Å². The van der Waals surface area contributed by atoms with Crippen LogP contribution in [0.25, 0.3) is 11.0 Å². The number of thioether (sulfide) groups is 1. The lowest BCUT2D eigenvalue weighted by molar-refractivity contribution is -0.133. The van der Waals surface area contributed by atoms with E-state index in [4.69, 9.17) is 0 Å². The van der Waals surface area contributed by atoms with Crippen LogP contribution in [-0.2, 0) is 11.3 Å². The third-order valence-electron chi connectivity index (χ3n) is 5.04. The number of H-pyrrole nitrogens is 1. The van der Waals surface area contributed by atoms with Crippen LogP contribution in [0.2, 0.25) is 0 Å². The van der Waals surface area contributed by atoms with Crippen molar-refractivity contribution in [3.8, 4) is 0 Å². The number of nitrogens with one attached hydrogen (secondary N) is 1. The molecule has 1 amide bonds. The zero-order chi connectivity index (χ0) is 19.7. The summed E-state index contributed by atoms with van der Waals surface area (Å²) in [5.41, 5.74) is 2.98. The summed E-state index contributed by atoms with van der Waals surface area (Å²) >= 11 is 1.69. The van der Waals surface area contributed by atoms with Gasteiger partial charge in [-0.05, 0) is 36.2 Å². The van der Waals surface area contributed by atoms with Crippen molar-refractivity contribution >= 4 is 28.7 Å². The smallest absolute Gasteiger partial charge is 0.239 e. The second-order valence-corrected chi connectivity index (χ2v) is 8.63. The molecule has 2 heterocycles. The quantitative estimate of drug-likeness (QED) is 0.714. The molecule has 1 fully saturated rings. The summed E-state index contributed by atoms with van der Waals surface area (Å²) in [5.74, 6) is -0.140. The van der Waals surface area contributed by atoms with Gasteiger partial charge in [0.25, 0.3) is 0 Å². The van der Waals surface area contributed by atoms with Gasteiger partial charge in [0.1, 0.15) is 5.82 Å². The van der Waals surface area contributed by atoms with E-state index in [2.05, 4.69) is 14.9 Å². The molecular formula is C21H23FN4OS. The number of fused-ring (bicyclic) bond motifs is 1. The van der Waals surface area contributed by atoms with Crippen molar-refractivity contribution < 1.29 is 9.18 Å². The number of hydrogen-bond donors (Lipinski definition) is 1. The number of imidazole rings is 1. The summed E-state index contributed by atoms with van der Waals surface area (Å²) in [4.78, 5) is 24.6. The van der Waals surface area contributed by atoms with Crippen molar-refractivity contribution in [2.45, 2.75) is 29.4 Å². The normalized spacial score (nSPS) is 20.0. The highest BCUT2D eigenvalue weighted by Gasteiger charge is 2.38. The molecule has 0 unspecified atom stereocenters. The van der Waals surface area contributed by atoms with E-state index in [1.54, 1.807) is 42.9 Å². The zero-order valence-electron chi connectivity index (χ0n) is 15.9. The first-order valence-electron chi connectivity index (χ1n) is 9.30. The fourth-order valence-corrected chi connectivity index (χ4v) is 4.82. The van der Waals surface area contributed by atoms with Gasteiger partial charge in [0, 0.05) is 32.4 Å². The number of rotatable bonds is 5. The molecule has 3 aromatic rings. The summed E-state index contributed by atoms with van der Waals surface area (Å²) in [5, 5.41) is 1.14. The van der Waals surface area contributed by atoms with Gasteiger partial charge in [-0.15, -0.1) is 0 Å². The summed E-state index contributed by atoms with van der Waals surface area (Å²) in [6.07, 6.45) is 0.764. The van der Waals surface area contributed by atoms with Gasteiger partial charge in [-0.25, -0.2) is 9.37 Å². The van der Waals surface area contributed by atoms with Crippen molar-refractivity contribution in [3.63, 3.8) is 0 Å². The zero-order valence-corrected chi connectivity index (χ0v) is 16.7. The minimum atomic E-state index is -0.246. The molecule has 0 aliphatic carbocycles. The van der Waals surface area contributed by atoms with Crippen LogP contribution in [0.5, 0.6) is 0 Å². The number of para-hydroxylation sites is 2. The Hall–Kier alpha value is -2.38. The number of benzene rings is 2. The lowest BCUT2D eigenvalue weighted by Gasteiger charge is -2.25. The molecule has 0 bridgehead atoms. The second kappa shape index (κ2) is 7.93. The van der Waals surface area contributed by atoms with Gasteiger partial charge in [0.2, 0.25) is 5.91 Å². The fraction of sp³-hybridized carbons (Fsp3) is 0.333. The number of carbonyl (C=O) groups excluding carboxylic acids is 1. The van der Waals surface area contributed by atoms with E-state index in [9.17, 15) is 9.18 Å². The van der Waals surface area contributed by atoms with Crippen molar-refractivity contribution in [1.82, 2.24) is 19.8 Å². The van der Waals surface area contributed by atoms with Gasteiger partial charge in [-0.1, -0.05) is 36.0 Å². The minimum absolute atomic E-state index is 0.106. The molecule has 1 saturated heterocycles. The van der Waals surface area contributed by atoms with E-state index in [0.29, 0.717) is 6.54 Å². The molecule has 5 nitrogen and oxygen atoms in total. The Morgan fingerprint density at radius 3 is 2.71 bits per heavy atom. The van der Waals surface area contributed by atoms with Gasteiger partial charge in [-0.3, -0.25) is 9.69 Å². The molecule has 0 radical (unpaired) electrons. The molecule has 2 aromatic carbocycles. The largest absolute Gasteiger partial charge is 0.347 e. The fourth-order valence-electron chi connectivity index (χ4n) is 3.64. The van der Waals surface area contributed by atoms with Gasteiger partial charge >= 0.3 is 0 Å². The number of nitrogens with zero attached hydrogens (tertiary/aromatic N) is 3. The van der Waals surface area contributed by atoms with E-state index in [0.717, 1.165) is 34.7 Å². The number of hydrogen-bond acceptors (Lipinski definition) is 4. The third kappa shape index (κ3) is 4.05. The SMILES string of the molecule is CN(C)C(=O)[C@@H]1C[C@@H](Sc2nc3ccccc3[nH]2)CN1Cc1ccc(F)cc1. The Bertz CT molecular complexity index is 939. The van der Waals surface area contributed by atoms with E-state index in [1.807, 2.05) is 24.3 Å². The maximum Gasteiger partial charge on any atom is 0.239 e.